The zero-order valence-corrected chi connectivity index (χ0v) is 11.3. The van der Waals surface area contributed by atoms with Gasteiger partial charge in [0.1, 0.15) is 0 Å². The van der Waals surface area contributed by atoms with Crippen molar-refractivity contribution in [2.75, 3.05) is 18.1 Å². The molecule has 2 atom stereocenters. The first-order valence-corrected chi connectivity index (χ1v) is 7.86. The topological polar surface area (TPSA) is 89.3 Å². The van der Waals surface area contributed by atoms with Crippen LogP contribution in [0.2, 0.25) is 0 Å². The van der Waals surface area contributed by atoms with E-state index in [9.17, 15) is 13.2 Å². The minimum atomic E-state index is -2.90. The molecule has 0 radical (unpaired) electrons. The monoisotopic (exact) mass is 262 g/mol. The predicted octanol–water partition coefficient (Wildman–Crippen LogP) is -0.0893. The molecule has 0 saturated carbocycles. The first-order valence-electron chi connectivity index (χ1n) is 6.04. The van der Waals surface area contributed by atoms with E-state index in [0.29, 0.717) is 19.4 Å². The summed E-state index contributed by atoms with van der Waals surface area (Å²) in [6.45, 7) is 4.40. The summed E-state index contributed by atoms with van der Waals surface area (Å²) in [6.07, 6.45) is 0.896. The number of carbonyl (C=O) groups excluding carboxylic acids is 1. The van der Waals surface area contributed by atoms with E-state index in [2.05, 4.69) is 5.32 Å². The number of nitrogens with two attached hydrogens (primary N) is 1. The molecule has 1 rings (SSSR count). The number of hydrogen-bond donors (Lipinski definition) is 2. The van der Waals surface area contributed by atoms with Gasteiger partial charge in [0.15, 0.2) is 9.84 Å². The molecule has 17 heavy (non-hydrogen) atoms. The molecule has 0 spiro atoms. The summed E-state index contributed by atoms with van der Waals surface area (Å²) in [4.78, 5) is 11.7. The summed E-state index contributed by atoms with van der Waals surface area (Å²) in [5, 5.41) is 2.86. The van der Waals surface area contributed by atoms with Crippen LogP contribution in [-0.2, 0) is 14.6 Å². The van der Waals surface area contributed by atoms with Crippen molar-refractivity contribution in [1.29, 1.82) is 0 Å². The second-order valence-electron chi connectivity index (χ2n) is 5.13. The Morgan fingerprint density at radius 3 is 2.53 bits per heavy atom. The number of hydrogen-bond acceptors (Lipinski definition) is 4. The maximum atomic E-state index is 11.7. The van der Waals surface area contributed by atoms with Crippen LogP contribution >= 0.6 is 0 Å². The lowest BCUT2D eigenvalue weighted by molar-refractivity contribution is -0.122. The van der Waals surface area contributed by atoms with Crippen LogP contribution in [0.3, 0.4) is 0 Å². The Labute approximate surface area is 103 Å². The molecule has 0 aliphatic carbocycles. The maximum Gasteiger partial charge on any atom is 0.220 e. The molecule has 0 aromatic rings. The molecule has 6 heteroatoms. The molecule has 1 fully saturated rings. The Morgan fingerprint density at radius 2 is 2.12 bits per heavy atom. The van der Waals surface area contributed by atoms with Crippen LogP contribution in [0.25, 0.3) is 0 Å². The predicted molar refractivity (Wildman–Crippen MR) is 67.2 cm³/mol. The molecule has 2 unspecified atom stereocenters. The van der Waals surface area contributed by atoms with Gasteiger partial charge in [-0.25, -0.2) is 8.42 Å². The van der Waals surface area contributed by atoms with Gasteiger partial charge in [-0.1, -0.05) is 13.8 Å². The molecule has 0 bridgehead atoms. The van der Waals surface area contributed by atoms with Crippen molar-refractivity contribution in [2.24, 2.45) is 17.6 Å². The average Bonchev–Trinajstić information content (AvgIpc) is 2.54. The molecule has 3 N–H and O–H groups in total. The van der Waals surface area contributed by atoms with E-state index in [1.54, 1.807) is 0 Å². The molecule has 1 aliphatic rings. The van der Waals surface area contributed by atoms with E-state index in [-0.39, 0.29) is 35.3 Å². The van der Waals surface area contributed by atoms with Crippen LogP contribution < -0.4 is 11.1 Å². The molecule has 5 nitrogen and oxygen atoms in total. The van der Waals surface area contributed by atoms with Crippen molar-refractivity contribution in [1.82, 2.24) is 5.32 Å². The smallest absolute Gasteiger partial charge is 0.220 e. The average molecular weight is 262 g/mol. The van der Waals surface area contributed by atoms with Gasteiger partial charge in [-0.05, 0) is 18.3 Å². The minimum Gasteiger partial charge on any atom is -0.352 e. The zero-order valence-electron chi connectivity index (χ0n) is 10.5. The molecule has 1 aliphatic heterocycles. The third-order valence-corrected chi connectivity index (χ3v) is 5.04. The quantitative estimate of drug-likeness (QED) is 0.724. The normalized spacial score (nSPS) is 24.8. The van der Waals surface area contributed by atoms with Crippen molar-refractivity contribution in [3.63, 3.8) is 0 Å². The summed E-state index contributed by atoms with van der Waals surface area (Å²) in [7, 11) is -2.90. The minimum absolute atomic E-state index is 0.0226. The molecular formula is C11H22N2O3S. The Bertz CT molecular complexity index is 365. The van der Waals surface area contributed by atoms with Crippen molar-refractivity contribution < 1.29 is 13.2 Å². The van der Waals surface area contributed by atoms with Crippen molar-refractivity contribution in [3.05, 3.63) is 0 Å². The van der Waals surface area contributed by atoms with Gasteiger partial charge in [-0.2, -0.15) is 0 Å². The largest absolute Gasteiger partial charge is 0.352 e. The molecular weight excluding hydrogens is 240 g/mol. The van der Waals surface area contributed by atoms with Gasteiger partial charge in [0.2, 0.25) is 5.91 Å². The van der Waals surface area contributed by atoms with Crippen LogP contribution in [0.1, 0.15) is 26.7 Å². The van der Waals surface area contributed by atoms with Gasteiger partial charge < -0.3 is 11.1 Å². The Morgan fingerprint density at radius 1 is 1.47 bits per heavy atom. The lowest BCUT2D eigenvalue weighted by Gasteiger charge is -2.21. The van der Waals surface area contributed by atoms with Gasteiger partial charge in [-0.15, -0.1) is 0 Å². The van der Waals surface area contributed by atoms with E-state index in [0.717, 1.165) is 0 Å². The number of amides is 1. The summed E-state index contributed by atoms with van der Waals surface area (Å²) >= 11 is 0. The van der Waals surface area contributed by atoms with Crippen LogP contribution in [-0.4, -0.2) is 38.4 Å². The fourth-order valence-electron chi connectivity index (χ4n) is 2.06. The molecule has 0 aromatic heterocycles. The van der Waals surface area contributed by atoms with E-state index in [1.165, 1.54) is 0 Å². The Balaban J connectivity index is 2.40. The van der Waals surface area contributed by atoms with E-state index >= 15 is 0 Å². The van der Waals surface area contributed by atoms with Gasteiger partial charge in [0.05, 0.1) is 11.5 Å². The highest BCUT2D eigenvalue weighted by Crippen LogP contribution is 2.21. The fourth-order valence-corrected chi connectivity index (χ4v) is 3.92. The summed E-state index contributed by atoms with van der Waals surface area (Å²) in [5.74, 6) is 0.545. The molecule has 1 saturated heterocycles. The standard InChI is InChI=1S/C11H22N2O3S/c1-8(2)10(6-12)13-11(14)5-9-3-4-17(15,16)7-9/h8-10H,3-7,12H2,1-2H3,(H,13,14). The third-order valence-electron chi connectivity index (χ3n) is 3.21. The summed E-state index contributed by atoms with van der Waals surface area (Å²) in [5.41, 5.74) is 5.56. The first-order chi connectivity index (χ1) is 7.84. The summed E-state index contributed by atoms with van der Waals surface area (Å²) < 4.78 is 22.5. The second kappa shape index (κ2) is 5.82. The number of sulfone groups is 1. The fraction of sp³-hybridized carbons (Fsp3) is 0.909. The third kappa shape index (κ3) is 4.63. The number of rotatable bonds is 5. The van der Waals surface area contributed by atoms with Crippen LogP contribution in [0.4, 0.5) is 0 Å². The van der Waals surface area contributed by atoms with Crippen molar-refractivity contribution in [2.45, 2.75) is 32.7 Å². The van der Waals surface area contributed by atoms with E-state index in [4.69, 9.17) is 5.73 Å². The number of nitrogens with one attached hydrogen (secondary N) is 1. The maximum absolute atomic E-state index is 11.7. The van der Waals surface area contributed by atoms with Gasteiger partial charge in [-0.3, -0.25) is 4.79 Å². The Kier molecular flexibility index (Phi) is 4.94. The highest BCUT2D eigenvalue weighted by Gasteiger charge is 2.29. The first kappa shape index (κ1) is 14.4. The van der Waals surface area contributed by atoms with Gasteiger partial charge in [0.25, 0.3) is 0 Å². The lowest BCUT2D eigenvalue weighted by Crippen LogP contribution is -2.44. The molecule has 100 valence electrons. The van der Waals surface area contributed by atoms with Crippen LogP contribution in [0.15, 0.2) is 0 Å². The second-order valence-corrected chi connectivity index (χ2v) is 7.36. The Hall–Kier alpha value is -0.620. The SMILES string of the molecule is CC(C)C(CN)NC(=O)CC1CCS(=O)(=O)C1. The summed E-state index contributed by atoms with van der Waals surface area (Å²) in [6, 6.07) is -0.0273. The van der Waals surface area contributed by atoms with Crippen LogP contribution in [0.5, 0.6) is 0 Å². The van der Waals surface area contributed by atoms with E-state index < -0.39 is 9.84 Å². The van der Waals surface area contributed by atoms with Crippen molar-refractivity contribution >= 4 is 15.7 Å². The van der Waals surface area contributed by atoms with E-state index in [1.807, 2.05) is 13.8 Å². The van der Waals surface area contributed by atoms with Gasteiger partial charge in [0, 0.05) is 19.0 Å². The molecule has 0 aromatic carbocycles. The lowest BCUT2D eigenvalue weighted by atomic mass is 10.0. The van der Waals surface area contributed by atoms with Crippen LogP contribution in [0, 0.1) is 11.8 Å². The highest BCUT2D eigenvalue weighted by atomic mass is 32.2. The highest BCUT2D eigenvalue weighted by molar-refractivity contribution is 7.91. The van der Waals surface area contributed by atoms with Crippen molar-refractivity contribution in [3.8, 4) is 0 Å². The molecule has 1 amide bonds. The molecule has 1 heterocycles. The number of carbonyl (C=O) groups is 1. The van der Waals surface area contributed by atoms with Gasteiger partial charge >= 0.3 is 0 Å². The zero-order chi connectivity index (χ0) is 13.1.